The van der Waals surface area contributed by atoms with Crippen LogP contribution in [0.1, 0.15) is 26.5 Å². The summed E-state index contributed by atoms with van der Waals surface area (Å²) < 4.78 is 26.7. The second kappa shape index (κ2) is 3.82. The molecule has 0 amide bonds. The summed E-state index contributed by atoms with van der Waals surface area (Å²) in [7, 11) is -2.15. The molecule has 0 spiro atoms. The first-order valence-electron chi connectivity index (χ1n) is 4.52. The van der Waals surface area contributed by atoms with Gasteiger partial charge in [0.05, 0.1) is 0 Å². The quantitative estimate of drug-likeness (QED) is 0.712. The summed E-state index contributed by atoms with van der Waals surface area (Å²) in [5, 5.41) is 6.65. The van der Waals surface area contributed by atoms with Gasteiger partial charge in [-0.05, 0) is 0 Å². The molecule has 0 saturated heterocycles. The third-order valence-electron chi connectivity index (χ3n) is 1.89. The Morgan fingerprint density at radius 2 is 2.00 bits per heavy atom. The molecule has 86 valence electrons. The van der Waals surface area contributed by atoms with Gasteiger partial charge in [-0.15, -0.1) is 0 Å². The Balaban J connectivity index is 2.87. The van der Waals surface area contributed by atoms with E-state index < -0.39 is 10.2 Å². The van der Waals surface area contributed by atoms with Crippen LogP contribution in [0.5, 0.6) is 0 Å². The highest BCUT2D eigenvalue weighted by Crippen LogP contribution is 2.21. The average molecular weight is 232 g/mol. The van der Waals surface area contributed by atoms with E-state index in [4.69, 9.17) is 0 Å². The van der Waals surface area contributed by atoms with Gasteiger partial charge in [0.15, 0.2) is 5.82 Å². The smallest absolute Gasteiger partial charge is 0.280 e. The number of anilines is 1. The highest BCUT2D eigenvalue weighted by Gasteiger charge is 2.18. The lowest BCUT2D eigenvalue weighted by Crippen LogP contribution is -2.26. The fourth-order valence-corrected chi connectivity index (χ4v) is 1.43. The van der Waals surface area contributed by atoms with Crippen LogP contribution in [0.3, 0.4) is 0 Å². The Morgan fingerprint density at radius 1 is 1.40 bits per heavy atom. The molecule has 1 aromatic heterocycles. The number of hydrogen-bond donors (Lipinski definition) is 3. The van der Waals surface area contributed by atoms with E-state index in [1.54, 1.807) is 6.07 Å². The van der Waals surface area contributed by atoms with Gasteiger partial charge in [-0.3, -0.25) is 9.82 Å². The van der Waals surface area contributed by atoms with Crippen molar-refractivity contribution in [2.24, 2.45) is 0 Å². The first-order chi connectivity index (χ1) is 6.74. The van der Waals surface area contributed by atoms with E-state index in [1.807, 2.05) is 20.8 Å². The Hall–Kier alpha value is -1.08. The van der Waals surface area contributed by atoms with Gasteiger partial charge < -0.3 is 0 Å². The molecule has 0 fully saturated rings. The molecule has 1 aromatic rings. The van der Waals surface area contributed by atoms with Crippen LogP contribution < -0.4 is 9.44 Å². The topological polar surface area (TPSA) is 86.9 Å². The highest BCUT2D eigenvalue weighted by atomic mass is 32.2. The van der Waals surface area contributed by atoms with Gasteiger partial charge in [0.2, 0.25) is 0 Å². The number of H-pyrrole nitrogens is 1. The van der Waals surface area contributed by atoms with Gasteiger partial charge in [0.25, 0.3) is 10.2 Å². The molecule has 7 heteroatoms. The maximum atomic E-state index is 11.2. The summed E-state index contributed by atoms with van der Waals surface area (Å²) >= 11 is 0. The predicted molar refractivity (Wildman–Crippen MR) is 58.9 cm³/mol. The Labute approximate surface area is 89.6 Å². The van der Waals surface area contributed by atoms with Crippen LogP contribution in [0.4, 0.5) is 5.82 Å². The van der Waals surface area contributed by atoms with Crippen molar-refractivity contribution in [3.05, 3.63) is 11.8 Å². The molecule has 1 rings (SSSR count). The van der Waals surface area contributed by atoms with Gasteiger partial charge in [-0.2, -0.15) is 13.5 Å². The molecule has 0 radical (unpaired) electrons. The normalized spacial score (nSPS) is 12.8. The molecule has 6 nitrogen and oxygen atoms in total. The number of hydrogen-bond acceptors (Lipinski definition) is 3. The first kappa shape index (κ1) is 12.0. The number of nitrogens with one attached hydrogen (secondary N) is 3. The molecule has 0 aliphatic rings. The van der Waals surface area contributed by atoms with E-state index in [2.05, 4.69) is 19.6 Å². The van der Waals surface area contributed by atoms with Crippen LogP contribution in [0, 0.1) is 0 Å². The summed E-state index contributed by atoms with van der Waals surface area (Å²) in [5.41, 5.74) is 0.785. The Bertz CT molecular complexity index is 430. The Morgan fingerprint density at radius 3 is 2.40 bits per heavy atom. The highest BCUT2D eigenvalue weighted by molar-refractivity contribution is 7.90. The minimum absolute atomic E-state index is 0.0870. The molecule has 15 heavy (non-hydrogen) atoms. The molecular formula is C8H16N4O2S. The molecule has 0 atom stereocenters. The van der Waals surface area contributed by atoms with Crippen LogP contribution >= 0.6 is 0 Å². The summed E-state index contributed by atoms with van der Waals surface area (Å²) in [6.45, 7) is 6.03. The van der Waals surface area contributed by atoms with Crippen molar-refractivity contribution in [1.82, 2.24) is 14.9 Å². The molecule has 0 aliphatic heterocycles. The van der Waals surface area contributed by atoms with Crippen LogP contribution in [-0.2, 0) is 15.6 Å². The van der Waals surface area contributed by atoms with Crippen molar-refractivity contribution >= 4 is 16.0 Å². The third-order valence-corrected chi connectivity index (χ3v) is 2.91. The zero-order valence-electron chi connectivity index (χ0n) is 9.25. The monoisotopic (exact) mass is 232 g/mol. The van der Waals surface area contributed by atoms with Crippen molar-refractivity contribution in [3.8, 4) is 0 Å². The lowest BCUT2D eigenvalue weighted by molar-refractivity contribution is 0.567. The number of aromatic nitrogens is 2. The third kappa shape index (κ3) is 3.21. The van der Waals surface area contributed by atoms with Gasteiger partial charge >= 0.3 is 0 Å². The molecule has 3 N–H and O–H groups in total. The second-order valence-electron chi connectivity index (χ2n) is 4.23. The van der Waals surface area contributed by atoms with Crippen molar-refractivity contribution in [2.75, 3.05) is 11.8 Å². The largest absolute Gasteiger partial charge is 0.300 e. The number of nitrogens with zero attached hydrogens (tertiary/aromatic N) is 1. The maximum Gasteiger partial charge on any atom is 0.300 e. The molecule has 0 aromatic carbocycles. The predicted octanol–water partition coefficient (Wildman–Crippen LogP) is 0.583. The molecule has 0 unspecified atom stereocenters. The zero-order valence-corrected chi connectivity index (χ0v) is 10.1. The maximum absolute atomic E-state index is 11.2. The lowest BCUT2D eigenvalue weighted by Gasteiger charge is -2.14. The summed E-state index contributed by atoms with van der Waals surface area (Å²) in [6.07, 6.45) is 0. The average Bonchev–Trinajstić information content (AvgIpc) is 2.51. The fourth-order valence-electron chi connectivity index (χ4n) is 0.947. The van der Waals surface area contributed by atoms with Crippen LogP contribution in [-0.4, -0.2) is 25.7 Å². The molecule has 0 aliphatic carbocycles. The van der Waals surface area contributed by atoms with E-state index in [-0.39, 0.29) is 11.2 Å². The van der Waals surface area contributed by atoms with E-state index >= 15 is 0 Å². The Kier molecular flexibility index (Phi) is 3.05. The van der Waals surface area contributed by atoms with Crippen molar-refractivity contribution in [2.45, 2.75) is 26.2 Å². The van der Waals surface area contributed by atoms with E-state index in [0.29, 0.717) is 0 Å². The van der Waals surface area contributed by atoms with Crippen LogP contribution in [0.2, 0.25) is 0 Å². The number of rotatable bonds is 3. The SMILES string of the molecule is CNS(=O)(=O)Nc1cc(C(C)(C)C)[nH]n1. The molecule has 1 heterocycles. The van der Waals surface area contributed by atoms with Crippen molar-refractivity contribution in [1.29, 1.82) is 0 Å². The molecular weight excluding hydrogens is 216 g/mol. The summed E-state index contributed by atoms with van der Waals surface area (Å²) in [5.74, 6) is 0.286. The molecule has 0 saturated carbocycles. The fraction of sp³-hybridized carbons (Fsp3) is 0.625. The van der Waals surface area contributed by atoms with Crippen molar-refractivity contribution in [3.63, 3.8) is 0 Å². The standard InChI is InChI=1S/C8H16N4O2S/c1-8(2,3)6-5-7(11-10-6)12-15(13,14)9-4/h5,9H,1-4H3,(H2,10,11,12). The van der Waals surface area contributed by atoms with E-state index in [1.165, 1.54) is 7.05 Å². The lowest BCUT2D eigenvalue weighted by atomic mass is 9.92. The first-order valence-corrected chi connectivity index (χ1v) is 6.00. The summed E-state index contributed by atoms with van der Waals surface area (Å²) in [6, 6.07) is 1.68. The van der Waals surface area contributed by atoms with Crippen LogP contribution in [0.25, 0.3) is 0 Å². The van der Waals surface area contributed by atoms with Crippen LogP contribution in [0.15, 0.2) is 6.07 Å². The van der Waals surface area contributed by atoms with Gasteiger partial charge in [0.1, 0.15) is 0 Å². The minimum atomic E-state index is -3.49. The number of aromatic amines is 1. The van der Waals surface area contributed by atoms with Gasteiger partial charge in [-0.25, -0.2) is 4.72 Å². The minimum Gasteiger partial charge on any atom is -0.280 e. The second-order valence-corrected chi connectivity index (χ2v) is 5.85. The van der Waals surface area contributed by atoms with E-state index in [0.717, 1.165) is 5.69 Å². The zero-order chi connectivity index (χ0) is 11.7. The summed E-state index contributed by atoms with van der Waals surface area (Å²) in [4.78, 5) is 0. The molecule has 0 bridgehead atoms. The van der Waals surface area contributed by atoms with Gasteiger partial charge in [-0.1, -0.05) is 20.8 Å². The van der Waals surface area contributed by atoms with E-state index in [9.17, 15) is 8.42 Å². The van der Waals surface area contributed by atoms with Crippen molar-refractivity contribution < 1.29 is 8.42 Å². The van der Waals surface area contributed by atoms with Gasteiger partial charge in [0, 0.05) is 24.2 Å².